The first-order chi connectivity index (χ1) is 14.6. The fourth-order valence-electron chi connectivity index (χ4n) is 3.04. The molecule has 0 radical (unpaired) electrons. The molecule has 0 heterocycles. The molecule has 0 bridgehead atoms. The van der Waals surface area contributed by atoms with Gasteiger partial charge in [0.2, 0.25) is 5.91 Å². The van der Waals surface area contributed by atoms with E-state index in [0.717, 1.165) is 11.4 Å². The van der Waals surface area contributed by atoms with Gasteiger partial charge in [0.1, 0.15) is 24.7 Å². The molecule has 0 aliphatic rings. The van der Waals surface area contributed by atoms with Crippen LogP contribution in [0, 0.1) is 0 Å². The summed E-state index contributed by atoms with van der Waals surface area (Å²) in [5, 5.41) is 6.13. The van der Waals surface area contributed by atoms with Crippen LogP contribution in [0.2, 0.25) is 0 Å². The predicted molar refractivity (Wildman–Crippen MR) is 122 cm³/mol. The van der Waals surface area contributed by atoms with Gasteiger partial charge < -0.3 is 20.1 Å². The third kappa shape index (κ3) is 6.55. The minimum Gasteiger partial charge on any atom is -0.490 e. The van der Waals surface area contributed by atoms with Crippen LogP contribution in [-0.4, -0.2) is 25.7 Å². The van der Waals surface area contributed by atoms with Crippen LogP contribution in [0.15, 0.2) is 78.9 Å². The zero-order chi connectivity index (χ0) is 21.2. The lowest BCUT2D eigenvalue weighted by Crippen LogP contribution is -2.22. The van der Waals surface area contributed by atoms with E-state index in [2.05, 4.69) is 30.5 Å². The first-order valence-corrected chi connectivity index (χ1v) is 10.1. The standard InChI is InChI=1S/C25H28N2O3/c1-19(2)23-13-6-7-14-24(23)26-18-25(28)27-20-9-8-12-22(17-20)30-16-15-29-21-10-4-3-5-11-21/h3-14,17,19,26H,15-16,18H2,1-2H3,(H,27,28). The lowest BCUT2D eigenvalue weighted by Gasteiger charge is -2.14. The molecule has 0 fully saturated rings. The average Bonchev–Trinajstić information content (AvgIpc) is 2.76. The molecule has 0 aliphatic heterocycles. The van der Waals surface area contributed by atoms with E-state index in [9.17, 15) is 4.79 Å². The van der Waals surface area contributed by atoms with E-state index in [1.165, 1.54) is 5.56 Å². The molecule has 0 aliphatic carbocycles. The maximum absolute atomic E-state index is 12.4. The van der Waals surface area contributed by atoms with Crippen LogP contribution in [0.3, 0.4) is 0 Å². The summed E-state index contributed by atoms with van der Waals surface area (Å²) in [6.45, 7) is 5.33. The molecule has 3 aromatic rings. The van der Waals surface area contributed by atoms with E-state index in [1.54, 1.807) is 0 Å². The molecule has 5 heteroatoms. The number of ether oxygens (including phenoxy) is 2. The van der Waals surface area contributed by atoms with Gasteiger partial charge in [-0.05, 0) is 41.8 Å². The maximum atomic E-state index is 12.4. The van der Waals surface area contributed by atoms with Crippen molar-refractivity contribution in [1.29, 1.82) is 0 Å². The van der Waals surface area contributed by atoms with Gasteiger partial charge in [-0.3, -0.25) is 4.79 Å². The number of amides is 1. The van der Waals surface area contributed by atoms with Gasteiger partial charge in [-0.25, -0.2) is 0 Å². The van der Waals surface area contributed by atoms with Gasteiger partial charge in [0, 0.05) is 17.4 Å². The quantitative estimate of drug-likeness (QED) is 0.449. The first kappa shape index (κ1) is 21.2. The van der Waals surface area contributed by atoms with E-state index in [0.29, 0.717) is 30.6 Å². The lowest BCUT2D eigenvalue weighted by atomic mass is 10.0. The van der Waals surface area contributed by atoms with Crippen LogP contribution in [0.4, 0.5) is 11.4 Å². The van der Waals surface area contributed by atoms with Crippen molar-refractivity contribution in [3.8, 4) is 11.5 Å². The second-order valence-electron chi connectivity index (χ2n) is 7.18. The SMILES string of the molecule is CC(C)c1ccccc1NCC(=O)Nc1cccc(OCCOc2ccccc2)c1. The number of anilines is 2. The lowest BCUT2D eigenvalue weighted by molar-refractivity contribution is -0.114. The summed E-state index contributed by atoms with van der Waals surface area (Å²) in [4.78, 5) is 12.4. The Morgan fingerprint density at radius 3 is 2.27 bits per heavy atom. The number of para-hydroxylation sites is 2. The third-order valence-corrected chi connectivity index (χ3v) is 4.50. The van der Waals surface area contributed by atoms with Crippen molar-refractivity contribution in [2.75, 3.05) is 30.4 Å². The molecule has 3 rings (SSSR count). The summed E-state index contributed by atoms with van der Waals surface area (Å²) in [7, 11) is 0. The minimum atomic E-state index is -0.113. The third-order valence-electron chi connectivity index (χ3n) is 4.50. The second-order valence-corrected chi connectivity index (χ2v) is 7.18. The molecule has 1 amide bonds. The molecule has 2 N–H and O–H groups in total. The molecule has 156 valence electrons. The molecule has 5 nitrogen and oxygen atoms in total. The molecule has 0 unspecified atom stereocenters. The maximum Gasteiger partial charge on any atom is 0.243 e. The highest BCUT2D eigenvalue weighted by molar-refractivity contribution is 5.94. The Hall–Kier alpha value is -3.47. The zero-order valence-electron chi connectivity index (χ0n) is 17.4. The minimum absolute atomic E-state index is 0.113. The van der Waals surface area contributed by atoms with Crippen molar-refractivity contribution >= 4 is 17.3 Å². The summed E-state index contributed by atoms with van der Waals surface area (Å²) in [5.74, 6) is 1.77. The Balaban J connectivity index is 1.46. The van der Waals surface area contributed by atoms with E-state index in [1.807, 2.05) is 72.8 Å². The van der Waals surface area contributed by atoms with Crippen LogP contribution in [-0.2, 0) is 4.79 Å². The van der Waals surface area contributed by atoms with E-state index >= 15 is 0 Å². The highest BCUT2D eigenvalue weighted by Gasteiger charge is 2.08. The highest BCUT2D eigenvalue weighted by atomic mass is 16.5. The van der Waals surface area contributed by atoms with Crippen molar-refractivity contribution in [2.45, 2.75) is 19.8 Å². The number of carbonyl (C=O) groups excluding carboxylic acids is 1. The van der Waals surface area contributed by atoms with Crippen molar-refractivity contribution in [2.24, 2.45) is 0 Å². The van der Waals surface area contributed by atoms with Gasteiger partial charge >= 0.3 is 0 Å². The second kappa shape index (κ2) is 10.9. The fraction of sp³-hybridized carbons (Fsp3) is 0.240. The summed E-state index contributed by atoms with van der Waals surface area (Å²) < 4.78 is 11.3. The number of hydrogen-bond acceptors (Lipinski definition) is 4. The van der Waals surface area contributed by atoms with Gasteiger partial charge in [-0.15, -0.1) is 0 Å². The Morgan fingerprint density at radius 2 is 1.50 bits per heavy atom. The molecule has 0 spiro atoms. The van der Waals surface area contributed by atoms with Crippen molar-refractivity contribution < 1.29 is 14.3 Å². The molecule has 0 aromatic heterocycles. The summed E-state index contributed by atoms with van der Waals surface area (Å²) in [5.41, 5.74) is 2.87. The topological polar surface area (TPSA) is 59.6 Å². The van der Waals surface area contributed by atoms with Gasteiger partial charge in [-0.2, -0.15) is 0 Å². The molecular weight excluding hydrogens is 376 g/mol. The van der Waals surface area contributed by atoms with Crippen LogP contribution >= 0.6 is 0 Å². The number of rotatable bonds is 10. The molecule has 3 aromatic carbocycles. The zero-order valence-corrected chi connectivity index (χ0v) is 17.4. The monoisotopic (exact) mass is 404 g/mol. The summed E-state index contributed by atoms with van der Waals surface area (Å²) in [6, 6.07) is 25.0. The van der Waals surface area contributed by atoms with Crippen molar-refractivity contribution in [3.05, 3.63) is 84.4 Å². The Labute approximate surface area is 178 Å². The molecule has 0 saturated carbocycles. The smallest absolute Gasteiger partial charge is 0.243 e. The number of nitrogens with one attached hydrogen (secondary N) is 2. The van der Waals surface area contributed by atoms with Crippen LogP contribution < -0.4 is 20.1 Å². The van der Waals surface area contributed by atoms with Gasteiger partial charge in [0.25, 0.3) is 0 Å². The summed E-state index contributed by atoms with van der Waals surface area (Å²) in [6.07, 6.45) is 0. The predicted octanol–water partition coefficient (Wildman–Crippen LogP) is 5.32. The number of hydrogen-bond donors (Lipinski definition) is 2. The van der Waals surface area contributed by atoms with E-state index < -0.39 is 0 Å². The number of benzene rings is 3. The molecule has 30 heavy (non-hydrogen) atoms. The normalized spacial score (nSPS) is 10.5. The van der Waals surface area contributed by atoms with Crippen molar-refractivity contribution in [3.63, 3.8) is 0 Å². The van der Waals surface area contributed by atoms with Crippen LogP contribution in [0.1, 0.15) is 25.3 Å². The van der Waals surface area contributed by atoms with Gasteiger partial charge in [-0.1, -0.05) is 56.3 Å². The Kier molecular flexibility index (Phi) is 7.72. The molecule has 0 saturated heterocycles. The molecular formula is C25H28N2O3. The Morgan fingerprint density at radius 1 is 0.833 bits per heavy atom. The van der Waals surface area contributed by atoms with Gasteiger partial charge in [0.15, 0.2) is 0 Å². The highest BCUT2D eigenvalue weighted by Crippen LogP contribution is 2.23. The molecule has 0 atom stereocenters. The van der Waals surface area contributed by atoms with Crippen molar-refractivity contribution in [1.82, 2.24) is 0 Å². The summed E-state index contributed by atoms with van der Waals surface area (Å²) >= 11 is 0. The number of carbonyl (C=O) groups is 1. The van der Waals surface area contributed by atoms with E-state index in [4.69, 9.17) is 9.47 Å². The average molecular weight is 405 g/mol. The fourth-order valence-corrected chi connectivity index (χ4v) is 3.04. The van der Waals surface area contributed by atoms with Crippen LogP contribution in [0.25, 0.3) is 0 Å². The largest absolute Gasteiger partial charge is 0.490 e. The van der Waals surface area contributed by atoms with Gasteiger partial charge in [0.05, 0.1) is 6.54 Å². The van der Waals surface area contributed by atoms with E-state index in [-0.39, 0.29) is 12.5 Å². The van der Waals surface area contributed by atoms with Crippen LogP contribution in [0.5, 0.6) is 11.5 Å². The first-order valence-electron chi connectivity index (χ1n) is 10.1. The Bertz CT molecular complexity index is 942.